The quantitative estimate of drug-likeness (QED) is 0.322. The maximum Gasteiger partial charge on any atom is 0.288 e. The summed E-state index contributed by atoms with van der Waals surface area (Å²) in [6.45, 7) is 3.70. The molecule has 0 saturated carbocycles. The maximum absolute atomic E-state index is 13.0. The fraction of sp³-hybridized carbons (Fsp3) is 0.273. The molecule has 0 spiro atoms. The summed E-state index contributed by atoms with van der Waals surface area (Å²) < 4.78 is 5.22. The molecule has 2 unspecified atom stereocenters. The number of benzene rings is 2. The Morgan fingerprint density at radius 1 is 1.24 bits per heavy atom. The van der Waals surface area contributed by atoms with Crippen molar-refractivity contribution >= 4 is 45.6 Å². The molecule has 1 heterocycles. The number of carbonyl (C=O) groups is 2. The lowest BCUT2D eigenvalue weighted by atomic mass is 9.98. The highest BCUT2D eigenvalue weighted by molar-refractivity contribution is 7.18. The van der Waals surface area contributed by atoms with Crippen LogP contribution < -0.4 is 15.4 Å². The minimum absolute atomic E-state index is 0.0217. The summed E-state index contributed by atoms with van der Waals surface area (Å²) in [7, 11) is 1.57. The number of halogens is 1. The van der Waals surface area contributed by atoms with Crippen molar-refractivity contribution in [3.05, 3.63) is 63.2 Å². The van der Waals surface area contributed by atoms with Gasteiger partial charge in [0.1, 0.15) is 21.8 Å². The summed E-state index contributed by atoms with van der Waals surface area (Å²) in [4.78, 5) is 36.3. The molecule has 0 bridgehead atoms. The highest BCUT2D eigenvalue weighted by Gasteiger charge is 2.28. The molecule has 3 aromatic rings. The Balaban J connectivity index is 1.76. The molecule has 10 nitrogen and oxygen atoms in total. The van der Waals surface area contributed by atoms with E-state index in [4.69, 9.17) is 16.3 Å². The molecule has 2 aromatic carbocycles. The van der Waals surface area contributed by atoms with E-state index in [9.17, 15) is 19.7 Å². The first-order valence-corrected chi connectivity index (χ1v) is 11.5. The van der Waals surface area contributed by atoms with Crippen LogP contribution in [0.3, 0.4) is 0 Å². The summed E-state index contributed by atoms with van der Waals surface area (Å²) in [5.74, 6) is -0.661. The predicted octanol–water partition coefficient (Wildman–Crippen LogP) is 4.56. The van der Waals surface area contributed by atoms with E-state index >= 15 is 0 Å². The number of hydrogen-bond acceptors (Lipinski definition) is 8. The topological polar surface area (TPSA) is 136 Å². The lowest BCUT2D eigenvalue weighted by molar-refractivity contribution is -0.384. The summed E-state index contributed by atoms with van der Waals surface area (Å²) in [5.41, 5.74) is 0.416. The highest BCUT2D eigenvalue weighted by Crippen LogP contribution is 2.29. The Morgan fingerprint density at radius 3 is 2.68 bits per heavy atom. The zero-order valence-corrected chi connectivity index (χ0v) is 20.1. The number of aromatic nitrogens is 2. The Kier molecular flexibility index (Phi) is 8.13. The van der Waals surface area contributed by atoms with Crippen molar-refractivity contribution < 1.29 is 19.2 Å². The number of ether oxygens (including phenoxy) is 1. The van der Waals surface area contributed by atoms with Gasteiger partial charge in [-0.25, -0.2) is 0 Å². The first-order chi connectivity index (χ1) is 16.2. The van der Waals surface area contributed by atoms with Gasteiger partial charge in [0.15, 0.2) is 0 Å². The predicted molar refractivity (Wildman–Crippen MR) is 129 cm³/mol. The van der Waals surface area contributed by atoms with Crippen LogP contribution in [-0.4, -0.2) is 40.1 Å². The second kappa shape index (κ2) is 11.0. The van der Waals surface area contributed by atoms with E-state index in [1.54, 1.807) is 13.2 Å². The second-order valence-corrected chi connectivity index (χ2v) is 8.78. The number of nitrogens with one attached hydrogen (secondary N) is 2. The van der Waals surface area contributed by atoms with Gasteiger partial charge < -0.3 is 10.1 Å². The number of nitro groups is 1. The van der Waals surface area contributed by atoms with Crippen molar-refractivity contribution in [2.45, 2.75) is 26.3 Å². The number of amides is 2. The third kappa shape index (κ3) is 5.86. The van der Waals surface area contributed by atoms with E-state index in [0.717, 1.165) is 11.6 Å². The van der Waals surface area contributed by atoms with E-state index in [-0.39, 0.29) is 21.6 Å². The van der Waals surface area contributed by atoms with Gasteiger partial charge in [-0.3, -0.25) is 25.0 Å². The number of nitro benzene ring substituents is 1. The van der Waals surface area contributed by atoms with Crippen molar-refractivity contribution in [1.82, 2.24) is 15.5 Å². The summed E-state index contributed by atoms with van der Waals surface area (Å²) in [6, 6.07) is 10.1. The Hall–Kier alpha value is -3.57. The molecule has 0 radical (unpaired) electrons. The molecule has 2 amide bonds. The largest absolute Gasteiger partial charge is 0.497 e. The van der Waals surface area contributed by atoms with Crippen molar-refractivity contribution in [3.8, 4) is 16.3 Å². The van der Waals surface area contributed by atoms with Gasteiger partial charge in [-0.05, 0) is 30.2 Å². The van der Waals surface area contributed by atoms with Crippen LogP contribution in [0.5, 0.6) is 5.75 Å². The van der Waals surface area contributed by atoms with Crippen molar-refractivity contribution in [3.63, 3.8) is 0 Å². The van der Waals surface area contributed by atoms with E-state index in [2.05, 4.69) is 20.8 Å². The number of rotatable bonds is 9. The molecular formula is C22H22ClN5O5S. The average Bonchev–Trinajstić information content (AvgIpc) is 3.30. The molecular weight excluding hydrogens is 482 g/mol. The SMILES string of the molecule is CCC(C)C(NC(=O)c1ccc(Cl)c([N+](=O)[O-])c1)C(=O)Nc1nnc(-c2cccc(OC)c2)s1. The van der Waals surface area contributed by atoms with E-state index in [1.807, 2.05) is 32.0 Å². The number of hydrogen-bond donors (Lipinski definition) is 2. The molecule has 0 aliphatic carbocycles. The first-order valence-electron chi connectivity index (χ1n) is 10.3. The maximum atomic E-state index is 13.0. The van der Waals surface area contributed by atoms with Crippen molar-refractivity contribution in [2.24, 2.45) is 5.92 Å². The van der Waals surface area contributed by atoms with Gasteiger partial charge in [-0.2, -0.15) is 0 Å². The molecule has 0 aliphatic heterocycles. The van der Waals surface area contributed by atoms with Crippen LogP contribution in [0.1, 0.15) is 30.6 Å². The summed E-state index contributed by atoms with van der Waals surface area (Å²) in [5, 5.41) is 25.4. The number of carbonyl (C=O) groups excluding carboxylic acids is 2. The van der Waals surface area contributed by atoms with Gasteiger partial charge in [0.25, 0.3) is 11.6 Å². The van der Waals surface area contributed by atoms with Crippen molar-refractivity contribution in [2.75, 3.05) is 12.4 Å². The molecule has 12 heteroatoms. The Morgan fingerprint density at radius 2 is 2.00 bits per heavy atom. The number of nitrogens with zero attached hydrogens (tertiary/aromatic N) is 3. The molecule has 3 rings (SSSR count). The molecule has 2 N–H and O–H groups in total. The van der Waals surface area contributed by atoms with E-state index < -0.39 is 28.5 Å². The lowest BCUT2D eigenvalue weighted by Gasteiger charge is -2.23. The number of anilines is 1. The fourth-order valence-electron chi connectivity index (χ4n) is 3.05. The van der Waals surface area contributed by atoms with E-state index in [0.29, 0.717) is 17.2 Å². The first kappa shape index (κ1) is 25.1. The Bertz CT molecular complexity index is 1220. The minimum atomic E-state index is -0.906. The van der Waals surface area contributed by atoms with Crippen LogP contribution in [0.15, 0.2) is 42.5 Å². The molecule has 0 fully saturated rings. The van der Waals surface area contributed by atoms with Crippen LogP contribution in [0.2, 0.25) is 5.02 Å². The number of methoxy groups -OCH3 is 1. The second-order valence-electron chi connectivity index (χ2n) is 7.39. The van der Waals surface area contributed by atoms with Crippen LogP contribution in [0, 0.1) is 16.0 Å². The van der Waals surface area contributed by atoms with Gasteiger partial charge in [0, 0.05) is 17.2 Å². The molecule has 34 heavy (non-hydrogen) atoms. The minimum Gasteiger partial charge on any atom is -0.497 e. The molecule has 1 aromatic heterocycles. The normalized spacial score (nSPS) is 12.5. The summed E-state index contributed by atoms with van der Waals surface area (Å²) >= 11 is 7.00. The van der Waals surface area contributed by atoms with Gasteiger partial charge in [-0.1, -0.05) is 55.3 Å². The zero-order valence-electron chi connectivity index (χ0n) is 18.6. The van der Waals surface area contributed by atoms with Gasteiger partial charge in [-0.15, -0.1) is 10.2 Å². The molecule has 2 atom stereocenters. The van der Waals surface area contributed by atoms with Gasteiger partial charge >= 0.3 is 0 Å². The zero-order chi connectivity index (χ0) is 24.8. The highest BCUT2D eigenvalue weighted by atomic mass is 35.5. The third-order valence-corrected chi connectivity index (χ3v) is 6.37. The smallest absolute Gasteiger partial charge is 0.288 e. The van der Waals surface area contributed by atoms with E-state index in [1.165, 1.54) is 23.5 Å². The monoisotopic (exact) mass is 503 g/mol. The van der Waals surface area contributed by atoms with Crippen LogP contribution in [-0.2, 0) is 4.79 Å². The molecule has 0 aliphatic rings. The van der Waals surface area contributed by atoms with Crippen LogP contribution >= 0.6 is 22.9 Å². The molecule has 0 saturated heterocycles. The third-order valence-electron chi connectivity index (χ3n) is 5.16. The van der Waals surface area contributed by atoms with Gasteiger partial charge in [0.05, 0.1) is 12.0 Å². The Labute approximate surface area is 204 Å². The fourth-order valence-corrected chi connectivity index (χ4v) is 3.98. The lowest BCUT2D eigenvalue weighted by Crippen LogP contribution is -2.47. The molecule has 178 valence electrons. The van der Waals surface area contributed by atoms with Gasteiger partial charge in [0.2, 0.25) is 11.0 Å². The van der Waals surface area contributed by atoms with Crippen LogP contribution in [0.4, 0.5) is 10.8 Å². The summed E-state index contributed by atoms with van der Waals surface area (Å²) in [6.07, 6.45) is 0.601. The average molecular weight is 504 g/mol. The van der Waals surface area contributed by atoms with Crippen LogP contribution in [0.25, 0.3) is 10.6 Å². The standard InChI is InChI=1S/C22H22ClN5O5S/c1-4-12(2)18(24-19(29)13-8-9-16(23)17(11-13)28(31)32)20(30)25-22-27-26-21(34-22)14-6-5-7-15(10-14)33-3/h5-12,18H,4H2,1-3H3,(H,24,29)(H,25,27,30). The van der Waals surface area contributed by atoms with Crippen molar-refractivity contribution in [1.29, 1.82) is 0 Å².